The van der Waals surface area contributed by atoms with Crippen molar-refractivity contribution in [1.29, 1.82) is 0 Å². The molecule has 0 bridgehead atoms. The van der Waals surface area contributed by atoms with E-state index in [1.54, 1.807) is 25.3 Å². The molecule has 4 nitrogen and oxygen atoms in total. The first-order valence-electron chi connectivity index (χ1n) is 5.45. The van der Waals surface area contributed by atoms with Gasteiger partial charge in [0.2, 0.25) is 0 Å². The third-order valence-electron chi connectivity index (χ3n) is 2.25. The molecule has 0 saturated carbocycles. The average Bonchev–Trinajstić information content (AvgIpc) is 2.34. The van der Waals surface area contributed by atoms with E-state index in [-0.39, 0.29) is 18.5 Å². The van der Waals surface area contributed by atoms with E-state index in [1.165, 1.54) is 7.11 Å². The standard InChI is InChI=1S/C13H18O4/c1-9(2)17-8-11(14)10-5-6-12(15-3)13(7-10)16-4/h5-7,9H,8H2,1-4H3. The van der Waals surface area contributed by atoms with Crippen molar-refractivity contribution < 1.29 is 19.0 Å². The van der Waals surface area contributed by atoms with Crippen molar-refractivity contribution in [3.05, 3.63) is 23.8 Å². The SMILES string of the molecule is COc1ccc(C(=O)COC(C)C)cc1OC. The van der Waals surface area contributed by atoms with E-state index >= 15 is 0 Å². The topological polar surface area (TPSA) is 44.8 Å². The van der Waals surface area contributed by atoms with Crippen LogP contribution >= 0.6 is 0 Å². The summed E-state index contributed by atoms with van der Waals surface area (Å²) < 4.78 is 15.5. The van der Waals surface area contributed by atoms with Gasteiger partial charge in [-0.1, -0.05) is 0 Å². The lowest BCUT2D eigenvalue weighted by Crippen LogP contribution is -2.13. The van der Waals surface area contributed by atoms with Crippen LogP contribution in [0.3, 0.4) is 0 Å². The zero-order chi connectivity index (χ0) is 12.8. The van der Waals surface area contributed by atoms with E-state index in [1.807, 2.05) is 13.8 Å². The summed E-state index contributed by atoms with van der Waals surface area (Å²) in [5.41, 5.74) is 0.559. The molecule has 1 rings (SSSR count). The summed E-state index contributed by atoms with van der Waals surface area (Å²) >= 11 is 0. The van der Waals surface area contributed by atoms with E-state index < -0.39 is 0 Å². The van der Waals surface area contributed by atoms with Gasteiger partial charge in [0, 0.05) is 5.56 Å². The zero-order valence-electron chi connectivity index (χ0n) is 10.6. The second-order valence-corrected chi connectivity index (χ2v) is 3.85. The molecule has 0 spiro atoms. The number of methoxy groups -OCH3 is 2. The molecule has 94 valence electrons. The van der Waals surface area contributed by atoms with Crippen molar-refractivity contribution in [2.24, 2.45) is 0 Å². The van der Waals surface area contributed by atoms with Crippen molar-refractivity contribution in [3.8, 4) is 11.5 Å². The quantitative estimate of drug-likeness (QED) is 0.713. The highest BCUT2D eigenvalue weighted by molar-refractivity contribution is 5.97. The van der Waals surface area contributed by atoms with Crippen LogP contribution in [0.2, 0.25) is 0 Å². The smallest absolute Gasteiger partial charge is 0.188 e. The lowest BCUT2D eigenvalue weighted by atomic mass is 10.1. The summed E-state index contributed by atoms with van der Waals surface area (Å²) in [7, 11) is 3.10. The zero-order valence-corrected chi connectivity index (χ0v) is 10.6. The maximum atomic E-state index is 11.8. The minimum atomic E-state index is -0.0698. The number of rotatable bonds is 6. The van der Waals surface area contributed by atoms with Gasteiger partial charge in [0.05, 0.1) is 20.3 Å². The molecule has 0 saturated heterocycles. The fraction of sp³-hybridized carbons (Fsp3) is 0.462. The van der Waals surface area contributed by atoms with Gasteiger partial charge in [0.15, 0.2) is 17.3 Å². The van der Waals surface area contributed by atoms with Crippen LogP contribution in [0.25, 0.3) is 0 Å². The number of benzene rings is 1. The van der Waals surface area contributed by atoms with Crippen LogP contribution in [0.15, 0.2) is 18.2 Å². The molecular formula is C13H18O4. The Morgan fingerprint density at radius 1 is 1.18 bits per heavy atom. The molecule has 0 fully saturated rings. The molecule has 17 heavy (non-hydrogen) atoms. The number of hydrogen-bond donors (Lipinski definition) is 0. The lowest BCUT2D eigenvalue weighted by Gasteiger charge is -2.10. The van der Waals surface area contributed by atoms with Gasteiger partial charge in [-0.3, -0.25) is 4.79 Å². The molecule has 0 aliphatic carbocycles. The highest BCUT2D eigenvalue weighted by Crippen LogP contribution is 2.27. The van der Waals surface area contributed by atoms with Gasteiger partial charge in [0.1, 0.15) is 6.61 Å². The maximum Gasteiger partial charge on any atom is 0.188 e. The molecule has 1 aromatic carbocycles. The predicted molar refractivity (Wildman–Crippen MR) is 65.0 cm³/mol. The Morgan fingerprint density at radius 2 is 1.82 bits per heavy atom. The Hall–Kier alpha value is -1.55. The van der Waals surface area contributed by atoms with Crippen LogP contribution in [-0.4, -0.2) is 32.7 Å². The largest absolute Gasteiger partial charge is 0.493 e. The molecule has 0 atom stereocenters. The fourth-order valence-corrected chi connectivity index (χ4v) is 1.34. The Bertz CT molecular complexity index is 385. The normalized spacial score (nSPS) is 10.4. The molecule has 0 N–H and O–H groups in total. The highest BCUT2D eigenvalue weighted by atomic mass is 16.5. The molecular weight excluding hydrogens is 220 g/mol. The fourth-order valence-electron chi connectivity index (χ4n) is 1.34. The van der Waals surface area contributed by atoms with Crippen LogP contribution in [0.1, 0.15) is 24.2 Å². The van der Waals surface area contributed by atoms with Crippen molar-refractivity contribution in [1.82, 2.24) is 0 Å². The molecule has 0 amide bonds. The monoisotopic (exact) mass is 238 g/mol. The highest BCUT2D eigenvalue weighted by Gasteiger charge is 2.11. The number of carbonyl (C=O) groups is 1. The maximum absolute atomic E-state index is 11.8. The Labute approximate surface area is 101 Å². The van der Waals surface area contributed by atoms with Crippen LogP contribution in [0.4, 0.5) is 0 Å². The Balaban J connectivity index is 2.81. The molecule has 0 aliphatic heterocycles. The van der Waals surface area contributed by atoms with Crippen molar-refractivity contribution in [2.45, 2.75) is 20.0 Å². The number of Topliss-reactive ketones (excluding diaryl/α,β-unsaturated/α-hetero) is 1. The molecule has 0 radical (unpaired) electrons. The lowest BCUT2D eigenvalue weighted by molar-refractivity contribution is 0.0584. The molecule has 4 heteroatoms. The summed E-state index contributed by atoms with van der Waals surface area (Å²) in [6.07, 6.45) is 0.0408. The van der Waals surface area contributed by atoms with Gasteiger partial charge in [-0.25, -0.2) is 0 Å². The Kier molecular flexibility index (Phi) is 4.97. The van der Waals surface area contributed by atoms with E-state index in [2.05, 4.69) is 0 Å². The summed E-state index contributed by atoms with van der Waals surface area (Å²) in [6.45, 7) is 3.86. The number of hydrogen-bond acceptors (Lipinski definition) is 4. The van der Waals surface area contributed by atoms with Crippen LogP contribution in [-0.2, 0) is 4.74 Å². The summed E-state index contributed by atoms with van der Waals surface area (Å²) in [5.74, 6) is 1.08. The first-order chi connectivity index (χ1) is 8.08. The third kappa shape index (κ3) is 3.75. The molecule has 1 aromatic rings. The van der Waals surface area contributed by atoms with Crippen LogP contribution in [0, 0.1) is 0 Å². The molecule has 0 heterocycles. The van der Waals surface area contributed by atoms with Gasteiger partial charge >= 0.3 is 0 Å². The van der Waals surface area contributed by atoms with Gasteiger partial charge in [0.25, 0.3) is 0 Å². The molecule has 0 unspecified atom stereocenters. The average molecular weight is 238 g/mol. The first kappa shape index (κ1) is 13.5. The van der Waals surface area contributed by atoms with Crippen LogP contribution < -0.4 is 9.47 Å². The van der Waals surface area contributed by atoms with E-state index in [0.717, 1.165) is 0 Å². The van der Waals surface area contributed by atoms with Gasteiger partial charge < -0.3 is 14.2 Å². The second kappa shape index (κ2) is 6.25. The van der Waals surface area contributed by atoms with E-state index in [9.17, 15) is 4.79 Å². The van der Waals surface area contributed by atoms with Gasteiger partial charge in [-0.05, 0) is 32.0 Å². The van der Waals surface area contributed by atoms with Gasteiger partial charge in [-0.2, -0.15) is 0 Å². The third-order valence-corrected chi connectivity index (χ3v) is 2.25. The molecule has 0 aromatic heterocycles. The Morgan fingerprint density at radius 3 is 2.35 bits per heavy atom. The second-order valence-electron chi connectivity index (χ2n) is 3.85. The number of ketones is 1. The van der Waals surface area contributed by atoms with Crippen molar-refractivity contribution >= 4 is 5.78 Å². The first-order valence-corrected chi connectivity index (χ1v) is 5.45. The van der Waals surface area contributed by atoms with Crippen LogP contribution in [0.5, 0.6) is 11.5 Å². The predicted octanol–water partition coefficient (Wildman–Crippen LogP) is 2.31. The minimum absolute atomic E-state index is 0.0408. The summed E-state index contributed by atoms with van der Waals surface area (Å²) in [6, 6.07) is 5.07. The number of carbonyl (C=O) groups excluding carboxylic acids is 1. The van der Waals surface area contributed by atoms with Gasteiger partial charge in [-0.15, -0.1) is 0 Å². The van der Waals surface area contributed by atoms with Crippen molar-refractivity contribution in [3.63, 3.8) is 0 Å². The van der Waals surface area contributed by atoms with E-state index in [0.29, 0.717) is 17.1 Å². The van der Waals surface area contributed by atoms with Crippen molar-refractivity contribution in [2.75, 3.05) is 20.8 Å². The molecule has 0 aliphatic rings. The number of ether oxygens (including phenoxy) is 3. The summed E-state index contributed by atoms with van der Waals surface area (Å²) in [4.78, 5) is 11.8. The van der Waals surface area contributed by atoms with E-state index in [4.69, 9.17) is 14.2 Å². The minimum Gasteiger partial charge on any atom is -0.493 e. The summed E-state index contributed by atoms with van der Waals surface area (Å²) in [5, 5.41) is 0.